The van der Waals surface area contributed by atoms with Crippen LogP contribution in [-0.2, 0) is 11.3 Å². The van der Waals surface area contributed by atoms with Gasteiger partial charge in [-0.1, -0.05) is 67.5 Å². The van der Waals surface area contributed by atoms with Crippen LogP contribution in [0.1, 0.15) is 55.7 Å². The summed E-state index contributed by atoms with van der Waals surface area (Å²) in [6.07, 6.45) is 14.3. The third-order valence-corrected chi connectivity index (χ3v) is 9.03. The molecule has 2 aromatic carbocycles. The van der Waals surface area contributed by atoms with Crippen LogP contribution in [0.5, 0.6) is 0 Å². The molecule has 3 N–H and O–H groups in total. The van der Waals surface area contributed by atoms with Crippen LogP contribution in [0.25, 0.3) is 0 Å². The normalized spacial score (nSPS) is 29.2. The Labute approximate surface area is 229 Å². The Morgan fingerprint density at radius 3 is 2.64 bits per heavy atom. The number of para-hydroxylation sites is 1. The molecule has 2 heterocycles. The third-order valence-electron chi connectivity index (χ3n) is 9.03. The summed E-state index contributed by atoms with van der Waals surface area (Å²) in [6, 6.07) is 14.4. The van der Waals surface area contributed by atoms with Gasteiger partial charge in [-0.3, -0.25) is 4.79 Å². The molecule has 2 aromatic rings. The molecule has 0 aromatic heterocycles. The van der Waals surface area contributed by atoms with Gasteiger partial charge in [-0.2, -0.15) is 0 Å². The van der Waals surface area contributed by atoms with Gasteiger partial charge in [0.2, 0.25) is 5.91 Å². The number of benzene rings is 2. The first-order chi connectivity index (χ1) is 19.1. The lowest BCUT2D eigenvalue weighted by Gasteiger charge is -2.44. The van der Waals surface area contributed by atoms with Crippen molar-refractivity contribution in [1.82, 2.24) is 15.5 Å². The fraction of sp³-hybridized carbons (Fsp3) is 0.438. The van der Waals surface area contributed by atoms with Gasteiger partial charge in [-0.05, 0) is 55.0 Å². The minimum Gasteiger partial charge on any atom is -0.381 e. The van der Waals surface area contributed by atoms with Crippen molar-refractivity contribution in [2.75, 3.05) is 11.9 Å². The van der Waals surface area contributed by atoms with Crippen LogP contribution in [0.3, 0.4) is 0 Å². The fourth-order valence-corrected chi connectivity index (χ4v) is 7.12. The van der Waals surface area contributed by atoms with Gasteiger partial charge in [0.1, 0.15) is 5.82 Å². The highest BCUT2D eigenvalue weighted by Gasteiger charge is 2.49. The number of nitrogens with zero attached hydrogens (tertiary/aromatic N) is 1. The van der Waals surface area contributed by atoms with E-state index in [1.807, 2.05) is 0 Å². The number of carbonyl (C=O) groups excluding carboxylic acids is 2. The number of hydrogen-bond acceptors (Lipinski definition) is 3. The zero-order valence-electron chi connectivity index (χ0n) is 22.2. The van der Waals surface area contributed by atoms with Crippen molar-refractivity contribution in [2.45, 2.75) is 63.2 Å². The molecule has 7 heteroatoms. The maximum atomic E-state index is 14.2. The predicted octanol–water partition coefficient (Wildman–Crippen LogP) is 5.70. The maximum Gasteiger partial charge on any atom is 0.315 e. The Morgan fingerprint density at radius 2 is 1.82 bits per heavy atom. The largest absolute Gasteiger partial charge is 0.381 e. The van der Waals surface area contributed by atoms with Crippen LogP contribution < -0.4 is 16.0 Å². The van der Waals surface area contributed by atoms with E-state index in [0.29, 0.717) is 18.4 Å². The summed E-state index contributed by atoms with van der Waals surface area (Å²) in [5, 5.41) is 9.82. The van der Waals surface area contributed by atoms with E-state index in [2.05, 4.69) is 69.4 Å². The lowest BCUT2D eigenvalue weighted by molar-refractivity contribution is -0.138. The van der Waals surface area contributed by atoms with Crippen molar-refractivity contribution >= 4 is 17.6 Å². The van der Waals surface area contributed by atoms with Crippen LogP contribution >= 0.6 is 0 Å². The highest BCUT2D eigenvalue weighted by molar-refractivity contribution is 5.82. The van der Waals surface area contributed by atoms with E-state index in [0.717, 1.165) is 56.3 Å². The summed E-state index contributed by atoms with van der Waals surface area (Å²) in [5.41, 5.74) is 3.16. The molecule has 6 rings (SSSR count). The Hall–Kier alpha value is -3.61. The second-order valence-electron chi connectivity index (χ2n) is 11.3. The third kappa shape index (κ3) is 5.32. The first-order valence-corrected chi connectivity index (χ1v) is 14.4. The molecule has 4 aliphatic rings. The zero-order chi connectivity index (χ0) is 26.8. The number of anilines is 1. The topological polar surface area (TPSA) is 73.5 Å². The molecule has 1 unspecified atom stereocenters. The SMILES string of the molecule is O=C(NCc1ccc(F)cc1)N[C@@H]1CCCC[C@@H]1C(=O)N1CC[C@@H]2[C@H](C3C=CC=CC3)Nc3ccccc3[C@@H]21. The molecule has 0 spiro atoms. The van der Waals surface area contributed by atoms with Gasteiger partial charge < -0.3 is 20.9 Å². The van der Waals surface area contributed by atoms with E-state index in [9.17, 15) is 14.0 Å². The molecule has 0 bridgehead atoms. The quantitative estimate of drug-likeness (QED) is 0.466. The summed E-state index contributed by atoms with van der Waals surface area (Å²) in [7, 11) is 0. The number of likely N-dealkylation sites (tertiary alicyclic amines) is 1. The lowest BCUT2D eigenvalue weighted by atomic mass is 9.75. The van der Waals surface area contributed by atoms with Crippen molar-refractivity contribution in [3.8, 4) is 0 Å². The Bertz CT molecular complexity index is 1260. The lowest BCUT2D eigenvalue weighted by Crippen LogP contribution is -2.52. The Kier molecular flexibility index (Phi) is 7.40. The summed E-state index contributed by atoms with van der Waals surface area (Å²) in [6.45, 7) is 1.05. The number of halogens is 1. The van der Waals surface area contributed by atoms with Crippen molar-refractivity contribution < 1.29 is 14.0 Å². The first-order valence-electron chi connectivity index (χ1n) is 14.4. The average Bonchev–Trinajstić information content (AvgIpc) is 3.42. The van der Waals surface area contributed by atoms with Crippen molar-refractivity contribution in [1.29, 1.82) is 0 Å². The van der Waals surface area contributed by atoms with Gasteiger partial charge in [0, 0.05) is 42.7 Å². The molecule has 0 radical (unpaired) electrons. The number of amides is 3. The highest BCUT2D eigenvalue weighted by atomic mass is 19.1. The van der Waals surface area contributed by atoms with Crippen LogP contribution in [0.15, 0.2) is 72.8 Å². The molecular weight excluding hydrogens is 491 g/mol. The maximum absolute atomic E-state index is 14.2. The zero-order valence-corrected chi connectivity index (χ0v) is 22.2. The molecular formula is C32H37FN4O2. The van der Waals surface area contributed by atoms with Gasteiger partial charge in [-0.15, -0.1) is 0 Å². The number of urea groups is 1. The van der Waals surface area contributed by atoms with Gasteiger partial charge in [0.15, 0.2) is 0 Å². The van der Waals surface area contributed by atoms with Gasteiger partial charge in [-0.25, -0.2) is 9.18 Å². The number of rotatable bonds is 5. The van der Waals surface area contributed by atoms with Crippen molar-refractivity contribution in [3.05, 3.63) is 89.8 Å². The molecule has 2 aliphatic heterocycles. The van der Waals surface area contributed by atoms with Gasteiger partial charge in [0.25, 0.3) is 0 Å². The van der Waals surface area contributed by atoms with E-state index in [1.165, 1.54) is 17.7 Å². The molecule has 204 valence electrons. The molecule has 6 nitrogen and oxygen atoms in total. The fourth-order valence-electron chi connectivity index (χ4n) is 7.12. The first kappa shape index (κ1) is 25.7. The Balaban J connectivity index is 1.17. The van der Waals surface area contributed by atoms with E-state index in [-0.39, 0.29) is 41.8 Å². The predicted molar refractivity (Wildman–Crippen MR) is 150 cm³/mol. The minimum atomic E-state index is -0.300. The smallest absolute Gasteiger partial charge is 0.315 e. The van der Waals surface area contributed by atoms with E-state index < -0.39 is 0 Å². The molecule has 1 saturated heterocycles. The molecule has 3 amide bonds. The number of fused-ring (bicyclic) bond motifs is 3. The van der Waals surface area contributed by atoms with E-state index in [4.69, 9.17) is 0 Å². The van der Waals surface area contributed by atoms with Crippen molar-refractivity contribution in [3.63, 3.8) is 0 Å². The summed E-state index contributed by atoms with van der Waals surface area (Å²) >= 11 is 0. The second kappa shape index (κ2) is 11.2. The molecule has 2 aliphatic carbocycles. The summed E-state index contributed by atoms with van der Waals surface area (Å²) in [5.74, 6) is 0.386. The van der Waals surface area contributed by atoms with E-state index >= 15 is 0 Å². The number of carbonyl (C=O) groups is 2. The van der Waals surface area contributed by atoms with Gasteiger partial charge >= 0.3 is 6.03 Å². The average molecular weight is 529 g/mol. The standard InChI is InChI=1S/C32H37FN4O2/c33-23-16-14-21(15-17-23)20-34-32(39)36-28-13-7-5-11-25(28)31(38)37-19-18-26-29(22-8-2-1-3-9-22)35-27-12-6-4-10-24(27)30(26)37/h1-4,6,8,10,12,14-17,22,25-26,28-30,35H,5,7,9,11,13,18-20H2,(H2,34,36,39)/t22?,25-,26+,28+,29-,30-/m0/s1. The molecule has 39 heavy (non-hydrogen) atoms. The molecule has 1 saturated carbocycles. The summed E-state index contributed by atoms with van der Waals surface area (Å²) in [4.78, 5) is 29.2. The van der Waals surface area contributed by atoms with Crippen LogP contribution in [0, 0.1) is 23.6 Å². The monoisotopic (exact) mass is 528 g/mol. The van der Waals surface area contributed by atoms with E-state index in [1.54, 1.807) is 12.1 Å². The van der Waals surface area contributed by atoms with Crippen LogP contribution in [0.2, 0.25) is 0 Å². The molecule has 2 fully saturated rings. The number of allylic oxidation sites excluding steroid dienone is 3. The summed E-state index contributed by atoms with van der Waals surface area (Å²) < 4.78 is 13.2. The Morgan fingerprint density at radius 1 is 1.00 bits per heavy atom. The number of hydrogen-bond donors (Lipinski definition) is 3. The highest BCUT2D eigenvalue weighted by Crippen LogP contribution is 2.49. The van der Waals surface area contributed by atoms with Crippen LogP contribution in [0.4, 0.5) is 14.9 Å². The van der Waals surface area contributed by atoms with Crippen LogP contribution in [-0.4, -0.2) is 35.5 Å². The second-order valence-corrected chi connectivity index (χ2v) is 11.3. The van der Waals surface area contributed by atoms with Gasteiger partial charge in [0.05, 0.1) is 12.0 Å². The van der Waals surface area contributed by atoms with Crippen molar-refractivity contribution in [2.24, 2.45) is 17.8 Å². The molecule has 6 atom stereocenters. The number of nitrogens with one attached hydrogen (secondary N) is 3. The minimum absolute atomic E-state index is 0.0501.